The molecule has 0 unspecified atom stereocenters. The van der Waals surface area contributed by atoms with Crippen LogP contribution in [0, 0.1) is 6.92 Å². The molecule has 0 fully saturated rings. The van der Waals surface area contributed by atoms with Gasteiger partial charge in [-0.05, 0) is 18.4 Å². The Morgan fingerprint density at radius 2 is 2.28 bits per heavy atom. The first-order valence-electron chi connectivity index (χ1n) is 5.41. The lowest BCUT2D eigenvalue weighted by Crippen LogP contribution is -1.94. The maximum absolute atomic E-state index is 5.60. The second kappa shape index (κ2) is 4.60. The van der Waals surface area contributed by atoms with Crippen LogP contribution in [0.15, 0.2) is 17.5 Å². The summed E-state index contributed by atoms with van der Waals surface area (Å²) in [4.78, 5) is 11.0. The molecule has 3 heterocycles. The van der Waals surface area contributed by atoms with Crippen LogP contribution in [-0.2, 0) is 6.54 Å². The number of thiophene rings is 1. The summed E-state index contributed by atoms with van der Waals surface area (Å²) >= 11 is 3.18. The van der Waals surface area contributed by atoms with E-state index >= 15 is 0 Å². The van der Waals surface area contributed by atoms with Crippen molar-refractivity contribution in [2.45, 2.75) is 13.5 Å². The van der Waals surface area contributed by atoms with E-state index in [4.69, 9.17) is 5.73 Å². The van der Waals surface area contributed by atoms with Gasteiger partial charge in [0.1, 0.15) is 5.01 Å². The molecule has 3 N–H and O–H groups in total. The van der Waals surface area contributed by atoms with Crippen LogP contribution >= 0.6 is 22.7 Å². The number of nitrogens with zero attached hydrogens (tertiary/aromatic N) is 3. The van der Waals surface area contributed by atoms with Gasteiger partial charge in [0, 0.05) is 6.54 Å². The van der Waals surface area contributed by atoms with E-state index in [9.17, 15) is 0 Å². The van der Waals surface area contributed by atoms with Crippen LogP contribution in [0.3, 0.4) is 0 Å². The van der Waals surface area contributed by atoms with Crippen molar-refractivity contribution >= 4 is 22.7 Å². The van der Waals surface area contributed by atoms with E-state index in [-0.39, 0.29) is 0 Å². The number of aryl methyl sites for hydroxylation is 1. The third-order valence-corrected chi connectivity index (χ3v) is 4.51. The van der Waals surface area contributed by atoms with E-state index in [0.717, 1.165) is 32.1 Å². The lowest BCUT2D eigenvalue weighted by atomic mass is 10.4. The van der Waals surface area contributed by atoms with Gasteiger partial charge in [-0.25, -0.2) is 9.97 Å². The topological polar surface area (TPSA) is 80.5 Å². The maximum Gasteiger partial charge on any atom is 0.191 e. The van der Waals surface area contributed by atoms with E-state index in [1.54, 1.807) is 22.7 Å². The maximum atomic E-state index is 5.60. The van der Waals surface area contributed by atoms with E-state index in [1.165, 1.54) is 0 Å². The summed E-state index contributed by atoms with van der Waals surface area (Å²) in [6, 6.07) is 3.99. The monoisotopic (exact) mass is 277 g/mol. The molecule has 0 spiro atoms. The van der Waals surface area contributed by atoms with E-state index in [1.807, 2.05) is 24.4 Å². The highest BCUT2D eigenvalue weighted by molar-refractivity contribution is 7.15. The number of aromatic nitrogens is 4. The van der Waals surface area contributed by atoms with Crippen molar-refractivity contribution in [2.75, 3.05) is 0 Å². The molecule has 0 atom stereocenters. The van der Waals surface area contributed by atoms with E-state index in [2.05, 4.69) is 20.2 Å². The molecule has 0 saturated carbocycles. The molecule has 3 rings (SSSR count). The summed E-state index contributed by atoms with van der Waals surface area (Å²) in [5.74, 6) is 1.48. The molecule has 3 aromatic heterocycles. The summed E-state index contributed by atoms with van der Waals surface area (Å²) in [5, 5.41) is 10.1. The summed E-state index contributed by atoms with van der Waals surface area (Å²) in [5.41, 5.74) is 6.54. The molecule has 0 saturated heterocycles. The van der Waals surface area contributed by atoms with E-state index < -0.39 is 0 Å². The van der Waals surface area contributed by atoms with Crippen molar-refractivity contribution in [1.29, 1.82) is 0 Å². The Hall–Kier alpha value is -1.57. The minimum absolute atomic E-state index is 0.456. The first kappa shape index (κ1) is 11.5. The minimum Gasteiger partial charge on any atom is -0.325 e. The second-order valence-corrected chi connectivity index (χ2v) is 5.74. The Labute approximate surface area is 112 Å². The first-order valence-corrected chi connectivity index (χ1v) is 7.10. The van der Waals surface area contributed by atoms with Gasteiger partial charge in [-0.1, -0.05) is 6.07 Å². The van der Waals surface area contributed by atoms with Gasteiger partial charge in [0.2, 0.25) is 0 Å². The van der Waals surface area contributed by atoms with E-state index in [0.29, 0.717) is 6.54 Å². The zero-order valence-corrected chi connectivity index (χ0v) is 11.3. The molecule has 0 aliphatic rings. The molecule has 0 aliphatic carbocycles. The number of nitrogens with one attached hydrogen (secondary N) is 1. The number of aromatic amines is 1. The van der Waals surface area contributed by atoms with Gasteiger partial charge in [-0.3, -0.25) is 5.10 Å². The molecule has 7 heteroatoms. The molecule has 0 amide bonds. The van der Waals surface area contributed by atoms with Gasteiger partial charge in [-0.15, -0.1) is 22.7 Å². The molecule has 5 nitrogen and oxygen atoms in total. The van der Waals surface area contributed by atoms with Crippen molar-refractivity contribution < 1.29 is 0 Å². The zero-order valence-electron chi connectivity index (χ0n) is 9.67. The Morgan fingerprint density at radius 1 is 1.39 bits per heavy atom. The fourth-order valence-corrected chi connectivity index (χ4v) is 3.18. The summed E-state index contributed by atoms with van der Waals surface area (Å²) < 4.78 is 0. The van der Waals surface area contributed by atoms with Crippen LogP contribution in [0.4, 0.5) is 0 Å². The SMILES string of the molecule is Cc1nc(CN)sc1-c1nc(-c2cccs2)n[nH]1. The van der Waals surface area contributed by atoms with Crippen molar-refractivity contribution in [3.63, 3.8) is 0 Å². The number of H-pyrrole nitrogens is 1. The van der Waals surface area contributed by atoms with Gasteiger partial charge in [0.05, 0.1) is 15.4 Å². The molecule has 18 heavy (non-hydrogen) atoms. The first-order chi connectivity index (χ1) is 8.78. The molecule has 0 aliphatic heterocycles. The largest absolute Gasteiger partial charge is 0.325 e. The van der Waals surface area contributed by atoms with Crippen molar-refractivity contribution in [3.8, 4) is 21.4 Å². The molecule has 0 radical (unpaired) electrons. The predicted molar refractivity (Wildman–Crippen MR) is 73.4 cm³/mol. The zero-order chi connectivity index (χ0) is 12.5. The summed E-state index contributed by atoms with van der Waals surface area (Å²) in [7, 11) is 0. The van der Waals surface area contributed by atoms with Crippen molar-refractivity contribution in [1.82, 2.24) is 20.2 Å². The quantitative estimate of drug-likeness (QED) is 0.770. The van der Waals surface area contributed by atoms with Gasteiger partial charge in [0.15, 0.2) is 11.6 Å². The number of hydrogen-bond acceptors (Lipinski definition) is 6. The Balaban J connectivity index is 2.00. The Bertz CT molecular complexity index is 653. The highest BCUT2D eigenvalue weighted by atomic mass is 32.1. The highest BCUT2D eigenvalue weighted by Crippen LogP contribution is 2.29. The average Bonchev–Trinajstić information content (AvgIpc) is 3.08. The second-order valence-electron chi connectivity index (χ2n) is 3.71. The molecule has 92 valence electrons. The number of nitrogens with two attached hydrogens (primary N) is 1. The van der Waals surface area contributed by atoms with Crippen LogP contribution in [-0.4, -0.2) is 20.2 Å². The molecule has 0 aromatic carbocycles. The van der Waals surface area contributed by atoms with Crippen LogP contribution in [0.1, 0.15) is 10.7 Å². The van der Waals surface area contributed by atoms with Gasteiger partial charge < -0.3 is 5.73 Å². The molecule has 3 aromatic rings. The van der Waals surface area contributed by atoms with Crippen molar-refractivity contribution in [2.24, 2.45) is 5.73 Å². The van der Waals surface area contributed by atoms with Gasteiger partial charge in [0.25, 0.3) is 0 Å². The van der Waals surface area contributed by atoms with Crippen molar-refractivity contribution in [3.05, 3.63) is 28.2 Å². The predicted octanol–water partition coefficient (Wildman–Crippen LogP) is 2.42. The van der Waals surface area contributed by atoms with Crippen LogP contribution < -0.4 is 5.73 Å². The smallest absolute Gasteiger partial charge is 0.191 e. The molecular formula is C11H11N5S2. The Kier molecular flexibility index (Phi) is 2.94. The Morgan fingerprint density at radius 3 is 2.94 bits per heavy atom. The number of rotatable bonds is 3. The number of hydrogen-bond donors (Lipinski definition) is 2. The summed E-state index contributed by atoms with van der Waals surface area (Å²) in [6.45, 7) is 2.41. The van der Waals surface area contributed by atoms with Crippen LogP contribution in [0.5, 0.6) is 0 Å². The lowest BCUT2D eigenvalue weighted by Gasteiger charge is -1.89. The molecule has 0 bridgehead atoms. The fraction of sp³-hybridized carbons (Fsp3) is 0.182. The normalized spacial score (nSPS) is 11.0. The highest BCUT2D eigenvalue weighted by Gasteiger charge is 2.14. The summed E-state index contributed by atoms with van der Waals surface area (Å²) in [6.07, 6.45) is 0. The van der Waals surface area contributed by atoms with Gasteiger partial charge in [-0.2, -0.15) is 5.10 Å². The fourth-order valence-electron chi connectivity index (χ4n) is 1.64. The minimum atomic E-state index is 0.456. The third-order valence-electron chi connectivity index (χ3n) is 2.46. The lowest BCUT2D eigenvalue weighted by molar-refractivity contribution is 1.02. The van der Waals surface area contributed by atoms with Crippen LogP contribution in [0.2, 0.25) is 0 Å². The standard InChI is InChI=1S/C11H11N5S2/c1-6-9(18-8(5-12)13-6)11-14-10(15-16-11)7-3-2-4-17-7/h2-4H,5,12H2,1H3,(H,14,15,16). The molecular weight excluding hydrogens is 266 g/mol. The van der Waals surface area contributed by atoms with Gasteiger partial charge >= 0.3 is 0 Å². The third kappa shape index (κ3) is 1.96. The van der Waals surface area contributed by atoms with Crippen LogP contribution in [0.25, 0.3) is 21.4 Å². The number of thiazole rings is 1. The average molecular weight is 277 g/mol.